The van der Waals surface area contributed by atoms with E-state index in [0.29, 0.717) is 16.7 Å². The van der Waals surface area contributed by atoms with Gasteiger partial charge in [-0.25, -0.2) is 13.2 Å². The van der Waals surface area contributed by atoms with E-state index >= 15 is 4.39 Å². The van der Waals surface area contributed by atoms with Crippen molar-refractivity contribution in [1.29, 1.82) is 0 Å². The van der Waals surface area contributed by atoms with Crippen LogP contribution < -0.4 is 0 Å². The lowest BCUT2D eigenvalue weighted by atomic mass is 9.89. The fourth-order valence-corrected chi connectivity index (χ4v) is 3.50. The van der Waals surface area contributed by atoms with Crippen molar-refractivity contribution in [3.05, 3.63) is 57.9 Å². The average Bonchev–Trinajstić information content (AvgIpc) is 3.45. The molecule has 0 heterocycles. The quantitative estimate of drug-likeness (QED) is 0.599. The minimum atomic E-state index is -0.724. The largest absolute Gasteiger partial charge is 0.466 e. The monoisotopic (exact) mass is 376 g/mol. The third-order valence-corrected chi connectivity index (χ3v) is 5.10. The number of ether oxygens (including phenoxy) is 1. The van der Waals surface area contributed by atoms with Gasteiger partial charge in [-0.15, -0.1) is 0 Å². The molecular weight excluding hydrogens is 353 g/mol. The zero-order chi connectivity index (χ0) is 19.7. The van der Waals surface area contributed by atoms with Crippen LogP contribution in [0, 0.1) is 31.3 Å². The van der Waals surface area contributed by atoms with Crippen molar-refractivity contribution in [3.8, 4) is 11.1 Å². The summed E-state index contributed by atoms with van der Waals surface area (Å²) in [6.07, 6.45) is 1.51. The highest BCUT2D eigenvalue weighted by Crippen LogP contribution is 2.45. The van der Waals surface area contributed by atoms with Crippen molar-refractivity contribution >= 4 is 5.97 Å². The Labute approximate surface area is 157 Å². The first-order valence-electron chi connectivity index (χ1n) is 9.27. The van der Waals surface area contributed by atoms with Crippen LogP contribution in [0.2, 0.25) is 0 Å². The predicted molar refractivity (Wildman–Crippen MR) is 98.2 cm³/mol. The highest BCUT2D eigenvalue weighted by molar-refractivity contribution is 5.74. The van der Waals surface area contributed by atoms with E-state index in [4.69, 9.17) is 4.74 Å². The summed E-state index contributed by atoms with van der Waals surface area (Å²) in [5.74, 6) is -2.18. The van der Waals surface area contributed by atoms with E-state index in [1.165, 1.54) is 12.1 Å². The van der Waals surface area contributed by atoms with Gasteiger partial charge in [0.05, 0.1) is 6.61 Å². The van der Waals surface area contributed by atoms with Crippen LogP contribution in [0.4, 0.5) is 13.2 Å². The molecule has 1 fully saturated rings. The summed E-state index contributed by atoms with van der Waals surface area (Å²) in [4.78, 5) is 11.7. The standard InChI is InChI=1S/C22H23F3O2/c1-4-27-19(26)10-8-15-21(24)16(14-6-7-14)11-17(22(15)25)20-12(2)5-9-18(23)13(20)3/h5,9,11,14H,4,6-8,10H2,1-3H3. The predicted octanol–water partition coefficient (Wildman–Crippen LogP) is 5.76. The van der Waals surface area contributed by atoms with E-state index in [1.54, 1.807) is 26.8 Å². The molecule has 0 amide bonds. The summed E-state index contributed by atoms with van der Waals surface area (Å²) >= 11 is 0. The van der Waals surface area contributed by atoms with Crippen LogP contribution in [-0.2, 0) is 16.0 Å². The molecule has 0 aliphatic heterocycles. The Hall–Kier alpha value is -2.30. The Bertz CT molecular complexity index is 886. The lowest BCUT2D eigenvalue weighted by Crippen LogP contribution is -2.09. The van der Waals surface area contributed by atoms with Gasteiger partial charge < -0.3 is 4.74 Å². The van der Waals surface area contributed by atoms with Crippen molar-refractivity contribution in [2.24, 2.45) is 0 Å². The number of esters is 1. The van der Waals surface area contributed by atoms with Crippen molar-refractivity contribution in [3.63, 3.8) is 0 Å². The van der Waals surface area contributed by atoms with Crippen LogP contribution in [0.3, 0.4) is 0 Å². The second-order valence-electron chi connectivity index (χ2n) is 7.06. The van der Waals surface area contributed by atoms with E-state index < -0.39 is 23.4 Å². The number of hydrogen-bond donors (Lipinski definition) is 0. The number of carbonyl (C=O) groups is 1. The number of rotatable bonds is 6. The first kappa shape index (κ1) is 19.5. The molecule has 2 aromatic rings. The van der Waals surface area contributed by atoms with Gasteiger partial charge >= 0.3 is 5.97 Å². The summed E-state index contributed by atoms with van der Waals surface area (Å²) in [7, 11) is 0. The van der Waals surface area contributed by atoms with Gasteiger partial charge in [0, 0.05) is 17.5 Å². The highest BCUT2D eigenvalue weighted by Gasteiger charge is 2.31. The van der Waals surface area contributed by atoms with Gasteiger partial charge in [0.2, 0.25) is 0 Å². The topological polar surface area (TPSA) is 26.3 Å². The van der Waals surface area contributed by atoms with Crippen LogP contribution in [0.5, 0.6) is 0 Å². The number of halogens is 3. The molecule has 1 aliphatic carbocycles. The fraction of sp³-hybridized carbons (Fsp3) is 0.409. The van der Waals surface area contributed by atoms with E-state index in [9.17, 15) is 13.6 Å². The first-order valence-corrected chi connectivity index (χ1v) is 9.27. The van der Waals surface area contributed by atoms with Crippen molar-refractivity contribution in [2.75, 3.05) is 6.61 Å². The zero-order valence-electron chi connectivity index (χ0n) is 15.8. The van der Waals surface area contributed by atoms with Crippen molar-refractivity contribution in [1.82, 2.24) is 0 Å². The molecule has 0 unspecified atom stereocenters. The van der Waals surface area contributed by atoms with Gasteiger partial charge in [0.15, 0.2) is 0 Å². The Balaban J connectivity index is 2.12. The summed E-state index contributed by atoms with van der Waals surface area (Å²) < 4.78 is 49.2. The van der Waals surface area contributed by atoms with Crippen molar-refractivity contribution < 1.29 is 22.7 Å². The van der Waals surface area contributed by atoms with Gasteiger partial charge in [-0.2, -0.15) is 0 Å². The van der Waals surface area contributed by atoms with Crippen LogP contribution >= 0.6 is 0 Å². The maximum absolute atomic E-state index is 15.3. The Morgan fingerprint density at radius 3 is 2.48 bits per heavy atom. The Morgan fingerprint density at radius 1 is 1.15 bits per heavy atom. The minimum absolute atomic E-state index is 0.0554. The van der Waals surface area contributed by atoms with Crippen LogP contribution in [0.15, 0.2) is 18.2 Å². The molecule has 2 nitrogen and oxygen atoms in total. The lowest BCUT2D eigenvalue weighted by Gasteiger charge is -2.17. The molecule has 0 spiro atoms. The van der Waals surface area contributed by atoms with E-state index in [2.05, 4.69) is 0 Å². The molecule has 144 valence electrons. The Morgan fingerprint density at radius 2 is 1.85 bits per heavy atom. The van der Waals surface area contributed by atoms with Gasteiger partial charge in [-0.1, -0.05) is 6.07 Å². The summed E-state index contributed by atoms with van der Waals surface area (Å²) in [6.45, 7) is 5.27. The second-order valence-corrected chi connectivity index (χ2v) is 7.06. The molecule has 5 heteroatoms. The number of aryl methyl sites for hydroxylation is 1. The van der Waals surface area contributed by atoms with Gasteiger partial charge in [0.25, 0.3) is 0 Å². The molecule has 1 saturated carbocycles. The third-order valence-electron chi connectivity index (χ3n) is 5.10. The van der Waals surface area contributed by atoms with Crippen molar-refractivity contribution in [2.45, 2.75) is 52.4 Å². The molecule has 0 aromatic heterocycles. The van der Waals surface area contributed by atoms with Crippen LogP contribution in [-0.4, -0.2) is 12.6 Å². The number of carbonyl (C=O) groups excluding carboxylic acids is 1. The molecule has 3 rings (SSSR count). The number of benzene rings is 2. The molecule has 0 radical (unpaired) electrons. The van der Waals surface area contributed by atoms with E-state index in [0.717, 1.165) is 18.4 Å². The summed E-state index contributed by atoms with van der Waals surface area (Å²) in [6, 6.07) is 4.46. The van der Waals surface area contributed by atoms with Gasteiger partial charge in [0.1, 0.15) is 17.5 Å². The van der Waals surface area contributed by atoms with E-state index in [1.807, 2.05) is 0 Å². The maximum Gasteiger partial charge on any atom is 0.306 e. The van der Waals surface area contributed by atoms with E-state index in [-0.39, 0.29) is 36.5 Å². The average molecular weight is 376 g/mol. The maximum atomic E-state index is 15.3. The molecule has 0 saturated heterocycles. The normalized spacial score (nSPS) is 13.7. The Kier molecular flexibility index (Phi) is 5.59. The SMILES string of the molecule is CCOC(=O)CCc1c(F)c(-c2c(C)ccc(F)c2C)cc(C2CC2)c1F. The third kappa shape index (κ3) is 3.87. The second kappa shape index (κ2) is 7.75. The molecule has 1 aliphatic rings. The smallest absolute Gasteiger partial charge is 0.306 e. The van der Waals surface area contributed by atoms with Crippen LogP contribution in [0.25, 0.3) is 11.1 Å². The molecule has 0 bridgehead atoms. The molecule has 0 N–H and O–H groups in total. The zero-order valence-corrected chi connectivity index (χ0v) is 15.8. The summed E-state index contributed by atoms with van der Waals surface area (Å²) in [5, 5.41) is 0. The molecular formula is C22H23F3O2. The highest BCUT2D eigenvalue weighted by atomic mass is 19.1. The van der Waals surface area contributed by atoms with Crippen LogP contribution in [0.1, 0.15) is 54.4 Å². The minimum Gasteiger partial charge on any atom is -0.466 e. The molecule has 2 aromatic carbocycles. The lowest BCUT2D eigenvalue weighted by molar-refractivity contribution is -0.143. The molecule has 27 heavy (non-hydrogen) atoms. The number of hydrogen-bond acceptors (Lipinski definition) is 2. The summed E-state index contributed by atoms with van der Waals surface area (Å²) in [5.41, 5.74) is 2.04. The van der Waals surface area contributed by atoms with Gasteiger partial charge in [-0.05, 0) is 80.3 Å². The fourth-order valence-electron chi connectivity index (χ4n) is 3.50. The van der Waals surface area contributed by atoms with Gasteiger partial charge in [-0.3, -0.25) is 4.79 Å². The first-order chi connectivity index (χ1) is 12.8. The molecule has 0 atom stereocenters.